The molecule has 1 fully saturated rings. The van der Waals surface area contributed by atoms with Gasteiger partial charge in [-0.25, -0.2) is 4.39 Å². The van der Waals surface area contributed by atoms with Crippen LogP contribution in [-0.4, -0.2) is 40.5 Å². The lowest BCUT2D eigenvalue weighted by Crippen LogP contribution is -2.46. The van der Waals surface area contributed by atoms with Gasteiger partial charge < -0.3 is 10.6 Å². The molecule has 0 saturated carbocycles. The molecular formula is C15H19FN4O2S2. The number of hydrogen-bond acceptors (Lipinski definition) is 6. The molecule has 24 heavy (non-hydrogen) atoms. The third-order valence-electron chi connectivity index (χ3n) is 4.36. The molecule has 2 atom stereocenters. The first kappa shape index (κ1) is 18.9. The van der Waals surface area contributed by atoms with E-state index in [0.717, 1.165) is 31.3 Å². The largest absolute Gasteiger partial charge is 0.323 e. The molecule has 2 N–H and O–H groups in total. The lowest BCUT2D eigenvalue weighted by atomic mass is 9.98. The van der Waals surface area contributed by atoms with Gasteiger partial charge in [0.2, 0.25) is 0 Å². The molecule has 9 heteroatoms. The van der Waals surface area contributed by atoms with E-state index in [1.54, 1.807) is 0 Å². The number of piperidine rings is 1. The number of likely N-dealkylation sites (tertiary alicyclic amines) is 1. The molecule has 1 aromatic carbocycles. The van der Waals surface area contributed by atoms with Gasteiger partial charge in [-0.05, 0) is 26.0 Å². The predicted molar refractivity (Wildman–Crippen MR) is 94.7 cm³/mol. The van der Waals surface area contributed by atoms with E-state index in [1.807, 2.05) is 7.05 Å². The number of nitriles is 1. The molecule has 0 aliphatic carbocycles. The lowest BCUT2D eigenvalue weighted by molar-refractivity contribution is -0.385. The molecule has 0 aromatic heterocycles. The van der Waals surface area contributed by atoms with E-state index in [2.05, 4.69) is 11.0 Å². The molecule has 6 nitrogen and oxygen atoms in total. The Morgan fingerprint density at radius 2 is 2.21 bits per heavy atom. The summed E-state index contributed by atoms with van der Waals surface area (Å²) in [5.74, 6) is -0.334. The number of benzene rings is 1. The van der Waals surface area contributed by atoms with Crippen LogP contribution >= 0.6 is 0 Å². The maximum atomic E-state index is 14.0. The second-order valence-electron chi connectivity index (χ2n) is 5.99. The first-order valence-corrected chi connectivity index (χ1v) is 9.78. The summed E-state index contributed by atoms with van der Waals surface area (Å²) in [5.41, 5.74) is 5.94. The Morgan fingerprint density at radius 1 is 1.58 bits per heavy atom. The second-order valence-corrected chi connectivity index (χ2v) is 9.00. The Hall–Kier alpha value is -1.47. The average molecular weight is 370 g/mol. The fourth-order valence-electron chi connectivity index (χ4n) is 2.71. The minimum absolute atomic E-state index is 0.0765. The third kappa shape index (κ3) is 3.95. The topological polar surface area (TPSA) is 96.2 Å². The molecule has 1 aliphatic rings. The van der Waals surface area contributed by atoms with Crippen molar-refractivity contribution in [2.75, 3.05) is 25.9 Å². The predicted octanol–water partition coefficient (Wildman–Crippen LogP) is 1.80. The van der Waals surface area contributed by atoms with Gasteiger partial charge in [-0.15, -0.1) is 0 Å². The van der Waals surface area contributed by atoms with Crippen molar-refractivity contribution in [3.63, 3.8) is 0 Å². The van der Waals surface area contributed by atoms with Gasteiger partial charge in [-0.2, -0.15) is 5.26 Å². The van der Waals surface area contributed by atoms with Gasteiger partial charge >= 0.3 is 0 Å². The Labute approximate surface area is 147 Å². The fourth-order valence-corrected chi connectivity index (χ4v) is 5.33. The summed E-state index contributed by atoms with van der Waals surface area (Å²) >= 11 is 5.56. The van der Waals surface area contributed by atoms with Crippen LogP contribution in [0.4, 0.5) is 10.1 Å². The van der Waals surface area contributed by atoms with Crippen LogP contribution in [0.1, 0.15) is 24.4 Å². The van der Waals surface area contributed by atoms with Crippen molar-refractivity contribution in [2.45, 2.75) is 23.6 Å². The van der Waals surface area contributed by atoms with Gasteiger partial charge in [-0.3, -0.25) is 10.1 Å². The zero-order chi connectivity index (χ0) is 17.9. The van der Waals surface area contributed by atoms with Crippen molar-refractivity contribution in [1.29, 1.82) is 5.26 Å². The van der Waals surface area contributed by atoms with Crippen LogP contribution in [0.25, 0.3) is 0 Å². The lowest BCUT2D eigenvalue weighted by Gasteiger charge is -2.37. The summed E-state index contributed by atoms with van der Waals surface area (Å²) in [6, 6.07) is 4.90. The summed E-state index contributed by atoms with van der Waals surface area (Å²) in [4.78, 5) is 12.4. The molecule has 2 unspecified atom stereocenters. The van der Waals surface area contributed by atoms with E-state index in [9.17, 15) is 19.8 Å². The molecule has 1 heterocycles. The van der Waals surface area contributed by atoms with E-state index < -0.39 is 31.0 Å². The molecule has 1 aromatic rings. The van der Waals surface area contributed by atoms with E-state index in [1.165, 1.54) is 0 Å². The molecule has 0 radical (unpaired) electrons. The van der Waals surface area contributed by atoms with Crippen LogP contribution in [0.15, 0.2) is 18.2 Å². The highest BCUT2D eigenvalue weighted by atomic mass is 32.8. The van der Waals surface area contributed by atoms with Gasteiger partial charge in [-0.1, -0.05) is 20.6 Å². The zero-order valence-corrected chi connectivity index (χ0v) is 14.9. The SMILES string of the molecule is CN1CCC(C#N)(S(=S)CC(N)c2cc([N+](=O)[O-])ccc2F)CC1. The molecular weight excluding hydrogens is 351 g/mol. The minimum Gasteiger partial charge on any atom is -0.323 e. The van der Waals surface area contributed by atoms with Gasteiger partial charge in [0.05, 0.1) is 11.0 Å². The number of rotatable bonds is 5. The van der Waals surface area contributed by atoms with Crippen molar-refractivity contribution in [3.8, 4) is 6.07 Å². The van der Waals surface area contributed by atoms with Crippen LogP contribution in [0.5, 0.6) is 0 Å². The molecule has 0 bridgehead atoms. The molecule has 1 saturated heterocycles. The van der Waals surface area contributed by atoms with E-state index >= 15 is 0 Å². The summed E-state index contributed by atoms with van der Waals surface area (Å²) in [5, 5.41) is 20.5. The number of nitro groups is 1. The Bertz CT molecular complexity index is 699. The monoisotopic (exact) mass is 370 g/mol. The highest BCUT2D eigenvalue weighted by molar-refractivity contribution is 8.29. The number of hydrogen-bond donors (Lipinski definition) is 1. The Balaban J connectivity index is 2.18. The van der Waals surface area contributed by atoms with Crippen LogP contribution < -0.4 is 5.73 Å². The number of halogens is 1. The van der Waals surface area contributed by atoms with Crippen LogP contribution in [-0.2, 0) is 20.6 Å². The number of nitro benzene ring substituents is 1. The first-order valence-electron chi connectivity index (χ1n) is 7.47. The van der Waals surface area contributed by atoms with Crippen molar-refractivity contribution in [3.05, 3.63) is 39.7 Å². The summed E-state index contributed by atoms with van der Waals surface area (Å²) in [6.07, 6.45) is 1.33. The van der Waals surface area contributed by atoms with Gasteiger partial charge in [0.25, 0.3) is 5.69 Å². The first-order chi connectivity index (χ1) is 11.3. The third-order valence-corrected chi connectivity index (χ3v) is 7.75. The zero-order valence-electron chi connectivity index (χ0n) is 13.3. The Kier molecular flexibility index (Phi) is 5.98. The van der Waals surface area contributed by atoms with Crippen LogP contribution in [0.3, 0.4) is 0 Å². The number of nitrogens with zero attached hydrogens (tertiary/aromatic N) is 3. The van der Waals surface area contributed by atoms with Gasteiger partial charge in [0.1, 0.15) is 10.6 Å². The standard InChI is InChI=1S/C15H19FN4O2S2/c1-19-6-4-15(10-17,5-7-19)24(23)9-14(18)12-8-11(20(21)22)2-3-13(12)16/h2-3,8,14H,4-7,9,18H2,1H3. The van der Waals surface area contributed by atoms with Crippen molar-refractivity contribution in [1.82, 2.24) is 4.90 Å². The maximum Gasteiger partial charge on any atom is 0.269 e. The molecule has 0 amide bonds. The van der Waals surface area contributed by atoms with Gasteiger partial charge in [0, 0.05) is 42.6 Å². The Morgan fingerprint density at radius 3 is 2.75 bits per heavy atom. The summed E-state index contributed by atoms with van der Waals surface area (Å²) < 4.78 is 13.4. The molecule has 0 spiro atoms. The highest BCUT2D eigenvalue weighted by Crippen LogP contribution is 2.31. The summed E-state index contributed by atoms with van der Waals surface area (Å²) in [6.45, 7) is 1.57. The molecule has 1 aliphatic heterocycles. The quantitative estimate of drug-likeness (QED) is 0.627. The minimum atomic E-state index is -0.768. The number of nitrogens with two attached hydrogens (primary N) is 1. The van der Waals surface area contributed by atoms with Crippen LogP contribution in [0, 0.1) is 27.3 Å². The fraction of sp³-hybridized carbons (Fsp3) is 0.533. The normalized spacial score (nSPS) is 20.1. The van der Waals surface area contributed by atoms with Crippen LogP contribution in [0.2, 0.25) is 0 Å². The average Bonchev–Trinajstić information content (AvgIpc) is 2.55. The van der Waals surface area contributed by atoms with E-state index in [4.69, 9.17) is 16.9 Å². The van der Waals surface area contributed by atoms with Crippen molar-refractivity contribution in [2.24, 2.45) is 5.73 Å². The molecule has 2 rings (SSSR count). The van der Waals surface area contributed by atoms with Crippen molar-refractivity contribution >= 4 is 26.3 Å². The number of non-ortho nitro benzene ring substituents is 1. The molecule has 130 valence electrons. The summed E-state index contributed by atoms with van der Waals surface area (Å²) in [7, 11) is 1.24. The van der Waals surface area contributed by atoms with E-state index in [0.29, 0.717) is 12.8 Å². The van der Waals surface area contributed by atoms with E-state index in [-0.39, 0.29) is 17.0 Å². The second kappa shape index (κ2) is 7.61. The van der Waals surface area contributed by atoms with Crippen molar-refractivity contribution < 1.29 is 9.31 Å². The van der Waals surface area contributed by atoms with Gasteiger partial charge in [0.15, 0.2) is 0 Å². The maximum absolute atomic E-state index is 14.0. The smallest absolute Gasteiger partial charge is 0.269 e. The highest BCUT2D eigenvalue weighted by Gasteiger charge is 2.38.